The molecule has 30 heavy (non-hydrogen) atoms. The molecule has 0 N–H and O–H groups in total. The first-order valence-electron chi connectivity index (χ1n) is 9.35. The van der Waals surface area contributed by atoms with E-state index < -0.39 is 18.4 Å². The lowest BCUT2D eigenvalue weighted by molar-refractivity contribution is -0.148. The summed E-state index contributed by atoms with van der Waals surface area (Å²) in [6.45, 7) is 2.43. The molecule has 3 rings (SSSR count). The normalized spacial score (nSPS) is 12.1. The Morgan fingerprint density at radius 3 is 2.70 bits per heavy atom. The first-order chi connectivity index (χ1) is 14.5. The molecule has 0 unspecified atom stereocenters. The van der Waals surface area contributed by atoms with Crippen LogP contribution in [-0.4, -0.2) is 43.8 Å². The molecule has 158 valence electrons. The number of nitrogens with zero attached hydrogens (tertiary/aromatic N) is 1. The minimum Gasteiger partial charge on any atom is -0.494 e. The predicted molar refractivity (Wildman–Crippen MR) is 107 cm³/mol. The molecule has 0 aromatic heterocycles. The topological polar surface area (TPSA) is 74.3 Å². The van der Waals surface area contributed by atoms with Crippen molar-refractivity contribution < 1.29 is 32.9 Å². The van der Waals surface area contributed by atoms with Crippen LogP contribution in [0.4, 0.5) is 4.39 Å². The Kier molecular flexibility index (Phi) is 6.90. The van der Waals surface area contributed by atoms with Crippen LogP contribution in [0.25, 0.3) is 6.08 Å². The fourth-order valence-electron chi connectivity index (χ4n) is 2.86. The van der Waals surface area contributed by atoms with Gasteiger partial charge in [0.25, 0.3) is 5.91 Å². The Labute approximate surface area is 173 Å². The molecule has 1 aliphatic heterocycles. The number of hydrogen-bond donors (Lipinski definition) is 0. The molecule has 0 atom stereocenters. The number of likely N-dealkylation sites (N-methyl/N-ethyl adjacent to an activating group) is 1. The third-order valence-electron chi connectivity index (χ3n) is 4.47. The summed E-state index contributed by atoms with van der Waals surface area (Å²) in [6.07, 6.45) is 2.54. The minimum atomic E-state index is -0.696. The van der Waals surface area contributed by atoms with Gasteiger partial charge in [0.1, 0.15) is 0 Å². The van der Waals surface area contributed by atoms with Gasteiger partial charge in [0.15, 0.2) is 29.7 Å². The lowest BCUT2D eigenvalue weighted by Gasteiger charge is -2.20. The smallest absolute Gasteiger partial charge is 0.331 e. The fourth-order valence-corrected chi connectivity index (χ4v) is 2.86. The van der Waals surface area contributed by atoms with Crippen molar-refractivity contribution in [2.45, 2.75) is 13.5 Å². The Bertz CT molecular complexity index is 959. The fraction of sp³-hybridized carbons (Fsp3) is 0.273. The summed E-state index contributed by atoms with van der Waals surface area (Å²) < 4.78 is 34.1. The molecule has 0 saturated carbocycles. The van der Waals surface area contributed by atoms with Crippen LogP contribution in [0.3, 0.4) is 0 Å². The number of hydrogen-bond acceptors (Lipinski definition) is 6. The van der Waals surface area contributed by atoms with Crippen molar-refractivity contribution in [3.05, 3.63) is 59.4 Å². The summed E-state index contributed by atoms with van der Waals surface area (Å²) in [6, 6.07) is 9.76. The van der Waals surface area contributed by atoms with E-state index in [9.17, 15) is 14.0 Å². The van der Waals surface area contributed by atoms with Gasteiger partial charge in [-0.25, -0.2) is 9.18 Å². The van der Waals surface area contributed by atoms with Crippen LogP contribution in [-0.2, 0) is 20.9 Å². The largest absolute Gasteiger partial charge is 0.494 e. The molecule has 0 fully saturated rings. The molecule has 0 radical (unpaired) electrons. The zero-order valence-corrected chi connectivity index (χ0v) is 16.7. The second-order valence-electron chi connectivity index (χ2n) is 6.43. The number of methoxy groups -OCH3 is 1. The maximum absolute atomic E-state index is 13.7. The van der Waals surface area contributed by atoms with Crippen LogP contribution in [0.5, 0.6) is 17.2 Å². The average Bonchev–Trinajstić information content (AvgIpc) is 3.22. The zero-order chi connectivity index (χ0) is 21.5. The van der Waals surface area contributed by atoms with Gasteiger partial charge in [0, 0.05) is 19.2 Å². The van der Waals surface area contributed by atoms with E-state index in [0.29, 0.717) is 30.2 Å². The molecular formula is C22H22FNO6. The SMILES string of the molecule is CCN(Cc1ccc2c(c1)OCO2)C(=O)COC(=O)/C=C/c1ccc(OC)c(F)c1. The van der Waals surface area contributed by atoms with Crippen molar-refractivity contribution in [2.24, 2.45) is 0 Å². The van der Waals surface area contributed by atoms with E-state index in [0.717, 1.165) is 11.6 Å². The number of carbonyl (C=O) groups is 2. The zero-order valence-electron chi connectivity index (χ0n) is 16.7. The van der Waals surface area contributed by atoms with Crippen molar-refractivity contribution in [1.82, 2.24) is 4.90 Å². The van der Waals surface area contributed by atoms with E-state index in [-0.39, 0.29) is 18.4 Å². The standard InChI is InChI=1S/C22H22FNO6/c1-3-24(12-16-5-8-19-20(11-16)30-14-29-19)21(25)13-28-22(26)9-6-15-4-7-18(27-2)17(23)10-15/h4-11H,3,12-14H2,1-2H3/b9-6+. The molecule has 0 bridgehead atoms. The molecule has 2 aromatic rings. The van der Waals surface area contributed by atoms with Crippen LogP contribution in [0, 0.1) is 5.82 Å². The van der Waals surface area contributed by atoms with Crippen LogP contribution in [0.15, 0.2) is 42.5 Å². The van der Waals surface area contributed by atoms with Crippen molar-refractivity contribution >= 4 is 18.0 Å². The molecule has 7 nitrogen and oxygen atoms in total. The van der Waals surface area contributed by atoms with Gasteiger partial charge in [-0.3, -0.25) is 4.79 Å². The minimum absolute atomic E-state index is 0.113. The van der Waals surface area contributed by atoms with Gasteiger partial charge >= 0.3 is 5.97 Å². The lowest BCUT2D eigenvalue weighted by atomic mass is 10.2. The van der Waals surface area contributed by atoms with Crippen LogP contribution < -0.4 is 14.2 Å². The van der Waals surface area contributed by atoms with Gasteiger partial charge in [-0.1, -0.05) is 12.1 Å². The van der Waals surface area contributed by atoms with Gasteiger partial charge in [-0.2, -0.15) is 0 Å². The Morgan fingerprint density at radius 2 is 1.97 bits per heavy atom. The summed E-state index contributed by atoms with van der Waals surface area (Å²) in [4.78, 5) is 25.9. The number of esters is 1. The molecule has 1 heterocycles. The molecule has 0 aliphatic carbocycles. The highest BCUT2D eigenvalue weighted by molar-refractivity contribution is 5.89. The molecule has 1 amide bonds. The average molecular weight is 415 g/mol. The summed E-state index contributed by atoms with van der Waals surface area (Å²) in [5.41, 5.74) is 1.34. The molecule has 2 aromatic carbocycles. The number of benzene rings is 2. The molecule has 0 saturated heterocycles. The van der Waals surface area contributed by atoms with Crippen LogP contribution >= 0.6 is 0 Å². The van der Waals surface area contributed by atoms with Gasteiger partial charge < -0.3 is 23.8 Å². The maximum atomic E-state index is 13.7. The molecule has 0 spiro atoms. The lowest BCUT2D eigenvalue weighted by Crippen LogP contribution is -2.33. The first kappa shape index (κ1) is 21.2. The number of amides is 1. The monoisotopic (exact) mass is 415 g/mol. The Balaban J connectivity index is 1.51. The van der Waals surface area contributed by atoms with E-state index in [1.54, 1.807) is 17.0 Å². The number of ether oxygens (including phenoxy) is 4. The van der Waals surface area contributed by atoms with Crippen LogP contribution in [0.1, 0.15) is 18.1 Å². The number of rotatable bonds is 8. The van der Waals surface area contributed by atoms with Gasteiger partial charge in [0.2, 0.25) is 6.79 Å². The molecular weight excluding hydrogens is 393 g/mol. The maximum Gasteiger partial charge on any atom is 0.331 e. The summed E-state index contributed by atoms with van der Waals surface area (Å²) >= 11 is 0. The summed E-state index contributed by atoms with van der Waals surface area (Å²) in [5.74, 6) is -0.132. The summed E-state index contributed by atoms with van der Waals surface area (Å²) in [7, 11) is 1.37. The van der Waals surface area contributed by atoms with Gasteiger partial charge in [-0.15, -0.1) is 0 Å². The van der Waals surface area contributed by atoms with E-state index in [1.807, 2.05) is 19.1 Å². The highest BCUT2D eigenvalue weighted by atomic mass is 19.1. The Morgan fingerprint density at radius 1 is 1.17 bits per heavy atom. The van der Waals surface area contributed by atoms with Crippen molar-refractivity contribution in [2.75, 3.05) is 27.1 Å². The third kappa shape index (κ3) is 5.28. The Hall–Kier alpha value is -3.55. The molecule has 8 heteroatoms. The number of carbonyl (C=O) groups excluding carboxylic acids is 2. The van der Waals surface area contributed by atoms with E-state index in [1.165, 1.54) is 25.3 Å². The van der Waals surface area contributed by atoms with E-state index in [2.05, 4.69) is 0 Å². The summed E-state index contributed by atoms with van der Waals surface area (Å²) in [5, 5.41) is 0. The number of halogens is 1. The third-order valence-corrected chi connectivity index (χ3v) is 4.47. The van der Waals surface area contributed by atoms with E-state index >= 15 is 0 Å². The highest BCUT2D eigenvalue weighted by Gasteiger charge is 2.17. The molecule has 1 aliphatic rings. The van der Waals surface area contributed by atoms with E-state index in [4.69, 9.17) is 18.9 Å². The van der Waals surface area contributed by atoms with Gasteiger partial charge in [0.05, 0.1) is 7.11 Å². The highest BCUT2D eigenvalue weighted by Crippen LogP contribution is 2.32. The van der Waals surface area contributed by atoms with Crippen LogP contribution in [0.2, 0.25) is 0 Å². The van der Waals surface area contributed by atoms with Crippen molar-refractivity contribution in [3.8, 4) is 17.2 Å². The van der Waals surface area contributed by atoms with Crippen molar-refractivity contribution in [1.29, 1.82) is 0 Å². The van der Waals surface area contributed by atoms with Gasteiger partial charge in [-0.05, 0) is 48.4 Å². The quantitative estimate of drug-likeness (QED) is 0.487. The predicted octanol–water partition coefficient (Wildman–Crippen LogP) is 3.17. The first-order valence-corrected chi connectivity index (χ1v) is 9.35. The second kappa shape index (κ2) is 9.78. The number of fused-ring (bicyclic) bond motifs is 1. The second-order valence-corrected chi connectivity index (χ2v) is 6.43. The van der Waals surface area contributed by atoms with Crippen molar-refractivity contribution in [3.63, 3.8) is 0 Å².